The van der Waals surface area contributed by atoms with Gasteiger partial charge in [-0.05, 0) is 43.1 Å². The van der Waals surface area contributed by atoms with Crippen LogP contribution >= 0.6 is 23.2 Å². The number of halogens is 5. The lowest BCUT2D eigenvalue weighted by Gasteiger charge is -2.29. The number of pyridine rings is 1. The van der Waals surface area contributed by atoms with Crippen LogP contribution in [0.15, 0.2) is 18.2 Å². The summed E-state index contributed by atoms with van der Waals surface area (Å²) < 4.78 is 39.6. The number of aliphatic hydroxyl groups is 1. The Morgan fingerprint density at radius 1 is 1.21 bits per heavy atom. The van der Waals surface area contributed by atoms with Crippen LogP contribution in [0.25, 0.3) is 10.9 Å². The van der Waals surface area contributed by atoms with Crippen LogP contribution in [0.5, 0.6) is 0 Å². The van der Waals surface area contributed by atoms with E-state index < -0.39 is 18.0 Å². The van der Waals surface area contributed by atoms with Crippen LogP contribution in [0.2, 0.25) is 10.0 Å². The van der Waals surface area contributed by atoms with Crippen LogP contribution in [0, 0.1) is 0 Å². The highest BCUT2D eigenvalue weighted by Gasteiger charge is 2.35. The first-order chi connectivity index (χ1) is 11.3. The molecule has 0 amide bonds. The van der Waals surface area contributed by atoms with Crippen LogP contribution in [-0.4, -0.2) is 22.7 Å². The maximum Gasteiger partial charge on any atom is 0.433 e. The lowest BCUT2D eigenvalue weighted by Crippen LogP contribution is -2.39. The van der Waals surface area contributed by atoms with Crippen LogP contribution in [-0.2, 0) is 6.18 Å². The van der Waals surface area contributed by atoms with Crippen molar-refractivity contribution in [2.45, 2.75) is 37.6 Å². The SMILES string of the molecule is OC(c1cc(C(F)(F)F)nc2c(Cl)cc(Cl)cc12)[C@@H]1CCCCN1. The molecule has 3 nitrogen and oxygen atoms in total. The molecule has 8 heteroatoms. The molecular weight excluding hydrogens is 364 g/mol. The smallest absolute Gasteiger partial charge is 0.387 e. The minimum Gasteiger partial charge on any atom is -0.387 e. The Hall–Kier alpha value is -1.08. The lowest BCUT2D eigenvalue weighted by molar-refractivity contribution is -0.141. The quantitative estimate of drug-likeness (QED) is 0.793. The molecule has 0 saturated carbocycles. The Morgan fingerprint density at radius 3 is 2.58 bits per heavy atom. The fourth-order valence-electron chi connectivity index (χ4n) is 3.03. The summed E-state index contributed by atoms with van der Waals surface area (Å²) in [5, 5.41) is 14.5. The average molecular weight is 379 g/mol. The van der Waals surface area contributed by atoms with Gasteiger partial charge in [0.1, 0.15) is 5.69 Å². The Kier molecular flexibility index (Phi) is 4.93. The van der Waals surface area contributed by atoms with Crippen LogP contribution in [0.3, 0.4) is 0 Å². The molecule has 1 unspecified atom stereocenters. The number of aliphatic hydroxyl groups excluding tert-OH is 1. The van der Waals surface area contributed by atoms with E-state index in [0.29, 0.717) is 11.8 Å². The standard InChI is InChI=1S/C16H15Cl2F3N2O/c17-8-5-9-10(15(24)12-3-1-2-4-22-12)7-13(16(19,20)21)23-14(9)11(18)6-8/h5-7,12,15,22,24H,1-4H2/t12-,15?/m0/s1. The summed E-state index contributed by atoms with van der Waals surface area (Å²) in [5.74, 6) is 0. The minimum atomic E-state index is -4.63. The molecule has 2 N–H and O–H groups in total. The molecule has 2 atom stereocenters. The highest BCUT2D eigenvalue weighted by molar-refractivity contribution is 6.38. The van der Waals surface area contributed by atoms with Crippen LogP contribution < -0.4 is 5.32 Å². The molecule has 1 saturated heterocycles. The van der Waals surface area contributed by atoms with Gasteiger partial charge >= 0.3 is 6.18 Å². The maximum absolute atomic E-state index is 13.2. The second kappa shape index (κ2) is 6.67. The van der Waals surface area contributed by atoms with E-state index >= 15 is 0 Å². The summed E-state index contributed by atoms with van der Waals surface area (Å²) in [5.41, 5.74) is -0.957. The van der Waals surface area contributed by atoms with Crippen molar-refractivity contribution in [3.63, 3.8) is 0 Å². The molecule has 0 bridgehead atoms. The molecule has 1 aliphatic heterocycles. The van der Waals surface area contributed by atoms with Crippen molar-refractivity contribution in [2.75, 3.05) is 6.54 Å². The first kappa shape index (κ1) is 17.7. The first-order valence-corrected chi connectivity index (χ1v) is 8.31. The van der Waals surface area contributed by atoms with Crippen molar-refractivity contribution in [2.24, 2.45) is 0 Å². The van der Waals surface area contributed by atoms with E-state index in [4.69, 9.17) is 23.2 Å². The third-order valence-electron chi connectivity index (χ3n) is 4.20. The Bertz CT molecular complexity index is 761. The fourth-order valence-corrected chi connectivity index (χ4v) is 3.57. The third-order valence-corrected chi connectivity index (χ3v) is 4.71. The van der Waals surface area contributed by atoms with Gasteiger partial charge in [-0.2, -0.15) is 13.2 Å². The largest absolute Gasteiger partial charge is 0.433 e. The zero-order chi connectivity index (χ0) is 17.5. The van der Waals surface area contributed by atoms with Crippen molar-refractivity contribution in [3.05, 3.63) is 39.5 Å². The van der Waals surface area contributed by atoms with Gasteiger partial charge in [0.2, 0.25) is 0 Å². The van der Waals surface area contributed by atoms with Gasteiger partial charge in [-0.15, -0.1) is 0 Å². The van der Waals surface area contributed by atoms with Crippen LogP contribution in [0.1, 0.15) is 36.6 Å². The molecule has 24 heavy (non-hydrogen) atoms. The summed E-state index contributed by atoms with van der Waals surface area (Å²) in [6.45, 7) is 0.721. The zero-order valence-electron chi connectivity index (χ0n) is 12.5. The van der Waals surface area contributed by atoms with Crippen molar-refractivity contribution < 1.29 is 18.3 Å². The lowest BCUT2D eigenvalue weighted by atomic mass is 9.92. The van der Waals surface area contributed by atoms with Gasteiger partial charge in [-0.1, -0.05) is 29.6 Å². The van der Waals surface area contributed by atoms with E-state index in [0.717, 1.165) is 25.5 Å². The second-order valence-electron chi connectivity index (χ2n) is 5.88. The van der Waals surface area contributed by atoms with E-state index in [1.807, 2.05) is 0 Å². The topological polar surface area (TPSA) is 45.2 Å². The highest BCUT2D eigenvalue weighted by atomic mass is 35.5. The van der Waals surface area contributed by atoms with Gasteiger partial charge in [0, 0.05) is 16.5 Å². The summed E-state index contributed by atoms with van der Waals surface area (Å²) in [7, 11) is 0. The minimum absolute atomic E-state index is 0.0132. The van der Waals surface area contributed by atoms with Gasteiger partial charge in [-0.25, -0.2) is 4.98 Å². The molecule has 2 aromatic rings. The van der Waals surface area contributed by atoms with Crippen LogP contribution in [0.4, 0.5) is 13.2 Å². The number of rotatable bonds is 2. The molecule has 130 valence electrons. The van der Waals surface area contributed by atoms with Gasteiger partial charge in [0.25, 0.3) is 0 Å². The number of nitrogens with zero attached hydrogens (tertiary/aromatic N) is 1. The molecule has 0 aliphatic carbocycles. The van der Waals surface area contributed by atoms with Crippen molar-refractivity contribution in [1.82, 2.24) is 10.3 Å². The van der Waals surface area contributed by atoms with Gasteiger partial charge in [0.15, 0.2) is 0 Å². The van der Waals surface area contributed by atoms with Crippen molar-refractivity contribution in [3.8, 4) is 0 Å². The van der Waals surface area contributed by atoms with Crippen molar-refractivity contribution >= 4 is 34.1 Å². The molecule has 0 spiro atoms. The average Bonchev–Trinajstić information content (AvgIpc) is 2.53. The molecule has 3 rings (SSSR count). The maximum atomic E-state index is 13.2. The summed E-state index contributed by atoms with van der Waals surface area (Å²) in [4.78, 5) is 3.63. The normalized spacial score (nSPS) is 20.3. The second-order valence-corrected chi connectivity index (χ2v) is 6.72. The summed E-state index contributed by atoms with van der Waals surface area (Å²) in [6.07, 6.45) is -3.17. The number of alkyl halides is 3. The highest BCUT2D eigenvalue weighted by Crippen LogP contribution is 2.38. The zero-order valence-corrected chi connectivity index (χ0v) is 14.0. The van der Waals surface area contributed by atoms with E-state index in [1.54, 1.807) is 0 Å². The number of fused-ring (bicyclic) bond motifs is 1. The Labute approximate surface area is 146 Å². The molecule has 1 fully saturated rings. The number of hydrogen-bond acceptors (Lipinski definition) is 3. The Balaban J connectivity index is 2.19. The molecule has 1 aromatic carbocycles. The predicted molar refractivity (Wildman–Crippen MR) is 87.4 cm³/mol. The number of benzene rings is 1. The van der Waals surface area contributed by atoms with Gasteiger partial charge in [0.05, 0.1) is 16.6 Å². The number of nitrogens with one attached hydrogen (secondary N) is 1. The molecular formula is C16H15Cl2F3N2O. The molecule has 0 radical (unpaired) electrons. The molecule has 1 aliphatic rings. The first-order valence-electron chi connectivity index (χ1n) is 7.55. The number of piperidine rings is 1. The summed E-state index contributed by atoms with van der Waals surface area (Å²) in [6, 6.07) is 3.39. The Morgan fingerprint density at radius 2 is 1.96 bits per heavy atom. The van der Waals surface area contributed by atoms with Gasteiger partial charge < -0.3 is 10.4 Å². The predicted octanol–water partition coefficient (Wildman–Crippen LogP) is 4.74. The van der Waals surface area contributed by atoms with E-state index in [2.05, 4.69) is 10.3 Å². The molecule has 2 heterocycles. The fraction of sp³-hybridized carbons (Fsp3) is 0.438. The van der Waals surface area contributed by atoms with E-state index in [9.17, 15) is 18.3 Å². The van der Waals surface area contributed by atoms with E-state index in [-0.39, 0.29) is 27.2 Å². The number of aromatic nitrogens is 1. The van der Waals surface area contributed by atoms with Crippen molar-refractivity contribution in [1.29, 1.82) is 0 Å². The van der Waals surface area contributed by atoms with Gasteiger partial charge in [-0.3, -0.25) is 0 Å². The van der Waals surface area contributed by atoms with E-state index in [1.165, 1.54) is 12.1 Å². The third kappa shape index (κ3) is 3.47. The number of hydrogen-bond donors (Lipinski definition) is 2. The molecule has 1 aromatic heterocycles. The monoisotopic (exact) mass is 378 g/mol. The summed E-state index contributed by atoms with van der Waals surface area (Å²) >= 11 is 12.0.